The first kappa shape index (κ1) is 25.0. The van der Waals surface area contributed by atoms with E-state index in [9.17, 15) is 13.2 Å². The molecule has 1 heterocycles. The fraction of sp³-hybridized carbons (Fsp3) is 0.194. The van der Waals surface area contributed by atoms with E-state index < -0.39 is 15.9 Å². The maximum Gasteiger partial charge on any atom is 0.270 e. The highest BCUT2D eigenvalue weighted by atomic mass is 32.2. The number of anilines is 2. The summed E-state index contributed by atoms with van der Waals surface area (Å²) in [5, 5.41) is 4.98. The molecule has 0 saturated carbocycles. The van der Waals surface area contributed by atoms with E-state index in [0.29, 0.717) is 34.0 Å². The van der Waals surface area contributed by atoms with Crippen LogP contribution in [0.1, 0.15) is 29.2 Å². The summed E-state index contributed by atoms with van der Waals surface area (Å²) in [6.07, 6.45) is 1.92. The smallest absolute Gasteiger partial charge is 0.270 e. The van der Waals surface area contributed by atoms with Crippen molar-refractivity contribution in [3.63, 3.8) is 0 Å². The topological polar surface area (TPSA) is 84.9 Å². The standard InChI is InChI=1S/C31H28N2O5S/c1-19-24-16-27(37-2)28(38-3)17-26(24)33(18-20-8-5-4-6-9-20)39(35,36)30(19)31(34)32-25-15-14-22-13-12-21-10-7-11-23(25)29(21)22/h4-11,14-17H,12-13,18H2,1-3H3,(H,32,34). The maximum absolute atomic E-state index is 14.2. The van der Waals surface area contributed by atoms with Crippen LogP contribution in [-0.4, -0.2) is 28.5 Å². The van der Waals surface area contributed by atoms with Crippen molar-refractivity contribution in [2.45, 2.75) is 26.3 Å². The van der Waals surface area contributed by atoms with Gasteiger partial charge in [-0.2, -0.15) is 0 Å². The molecule has 7 nitrogen and oxygen atoms in total. The highest BCUT2D eigenvalue weighted by Crippen LogP contribution is 2.46. The molecule has 1 amide bonds. The van der Waals surface area contributed by atoms with Gasteiger partial charge in [0.05, 0.1) is 26.5 Å². The van der Waals surface area contributed by atoms with Gasteiger partial charge in [-0.05, 0) is 59.5 Å². The molecule has 1 N–H and O–H groups in total. The third-order valence-electron chi connectivity index (χ3n) is 7.56. The number of hydrogen-bond donors (Lipinski definition) is 1. The lowest BCUT2D eigenvalue weighted by Crippen LogP contribution is -2.39. The highest BCUT2D eigenvalue weighted by molar-refractivity contribution is 7.97. The Balaban J connectivity index is 1.49. The minimum absolute atomic E-state index is 0.0523. The second-order valence-corrected chi connectivity index (χ2v) is 11.5. The van der Waals surface area contributed by atoms with Crippen molar-refractivity contribution in [2.24, 2.45) is 0 Å². The average molecular weight is 541 g/mol. The predicted molar refractivity (Wildman–Crippen MR) is 154 cm³/mol. The van der Waals surface area contributed by atoms with Gasteiger partial charge in [0.2, 0.25) is 0 Å². The van der Waals surface area contributed by atoms with Crippen molar-refractivity contribution in [1.82, 2.24) is 0 Å². The van der Waals surface area contributed by atoms with Gasteiger partial charge in [-0.1, -0.05) is 54.6 Å². The molecule has 0 atom stereocenters. The number of carbonyl (C=O) groups excluding carboxylic acids is 1. The number of allylic oxidation sites excluding steroid dienone is 1. The maximum atomic E-state index is 14.2. The molecule has 0 aromatic heterocycles. The van der Waals surface area contributed by atoms with Crippen molar-refractivity contribution < 1.29 is 22.7 Å². The van der Waals surface area contributed by atoms with Gasteiger partial charge in [0, 0.05) is 22.7 Å². The van der Waals surface area contributed by atoms with Crippen LogP contribution in [0.2, 0.25) is 0 Å². The summed E-state index contributed by atoms with van der Waals surface area (Å²) >= 11 is 0. The molecule has 4 aromatic carbocycles. The van der Waals surface area contributed by atoms with Crippen molar-refractivity contribution in [1.29, 1.82) is 0 Å². The molecular formula is C31H28N2O5S. The number of fused-ring (bicyclic) bond motifs is 1. The summed E-state index contributed by atoms with van der Waals surface area (Å²) in [7, 11) is -1.22. The number of hydrogen-bond acceptors (Lipinski definition) is 5. The van der Waals surface area contributed by atoms with E-state index in [0.717, 1.165) is 29.2 Å². The summed E-state index contributed by atoms with van der Waals surface area (Å²) in [5.41, 5.74) is 5.21. The minimum Gasteiger partial charge on any atom is -0.493 e. The number of sulfonamides is 1. The second-order valence-electron chi connectivity index (χ2n) is 9.74. The lowest BCUT2D eigenvalue weighted by molar-refractivity contribution is -0.112. The van der Waals surface area contributed by atoms with Crippen LogP contribution in [0, 0.1) is 0 Å². The van der Waals surface area contributed by atoms with Gasteiger partial charge in [-0.15, -0.1) is 0 Å². The SMILES string of the molecule is COc1cc2c(cc1OC)N(Cc1ccccc1)S(=O)(=O)C(C(=O)Nc1ccc3c4c(cccc14)CC3)=C2C. The van der Waals surface area contributed by atoms with Crippen molar-refractivity contribution in [3.8, 4) is 11.5 Å². The summed E-state index contributed by atoms with van der Waals surface area (Å²) in [4.78, 5) is 13.6. The van der Waals surface area contributed by atoms with Crippen LogP contribution in [0.3, 0.4) is 0 Å². The van der Waals surface area contributed by atoms with E-state index in [1.54, 1.807) is 19.1 Å². The Morgan fingerprint density at radius 2 is 1.59 bits per heavy atom. The third kappa shape index (κ3) is 4.03. The first-order valence-electron chi connectivity index (χ1n) is 12.7. The molecular weight excluding hydrogens is 512 g/mol. The Hall–Kier alpha value is -4.30. The predicted octanol–water partition coefficient (Wildman–Crippen LogP) is 5.68. The lowest BCUT2D eigenvalue weighted by Gasteiger charge is -2.33. The number of methoxy groups -OCH3 is 2. The Morgan fingerprint density at radius 1 is 0.897 bits per heavy atom. The number of benzene rings is 4. The van der Waals surface area contributed by atoms with Gasteiger partial charge in [0.15, 0.2) is 16.4 Å². The van der Waals surface area contributed by atoms with Gasteiger partial charge in [0.1, 0.15) is 0 Å². The first-order valence-corrected chi connectivity index (χ1v) is 14.2. The molecule has 0 radical (unpaired) electrons. The minimum atomic E-state index is -4.24. The molecule has 39 heavy (non-hydrogen) atoms. The molecule has 198 valence electrons. The van der Waals surface area contributed by atoms with Gasteiger partial charge in [-0.25, -0.2) is 8.42 Å². The summed E-state index contributed by atoms with van der Waals surface area (Å²) < 4.78 is 40.6. The monoisotopic (exact) mass is 540 g/mol. The fourth-order valence-corrected chi connectivity index (χ4v) is 7.40. The molecule has 0 bridgehead atoms. The highest BCUT2D eigenvalue weighted by Gasteiger charge is 2.40. The van der Waals surface area contributed by atoms with Crippen LogP contribution < -0.4 is 19.1 Å². The quantitative estimate of drug-likeness (QED) is 0.340. The van der Waals surface area contributed by atoms with E-state index in [1.807, 2.05) is 54.6 Å². The van der Waals surface area contributed by atoms with Crippen LogP contribution in [0.5, 0.6) is 11.5 Å². The second kappa shape index (κ2) is 9.47. The molecule has 1 aliphatic heterocycles. The van der Waals surface area contributed by atoms with Crippen LogP contribution in [0.4, 0.5) is 11.4 Å². The zero-order chi connectivity index (χ0) is 27.3. The summed E-state index contributed by atoms with van der Waals surface area (Å²) in [6.45, 7) is 1.71. The van der Waals surface area contributed by atoms with Crippen LogP contribution in [0.25, 0.3) is 16.3 Å². The number of rotatable bonds is 6. The summed E-state index contributed by atoms with van der Waals surface area (Å²) in [5.74, 6) is 0.171. The Bertz CT molecular complexity index is 1770. The van der Waals surface area contributed by atoms with Crippen LogP contribution in [0.15, 0.2) is 77.7 Å². The van der Waals surface area contributed by atoms with Crippen LogP contribution >= 0.6 is 0 Å². The zero-order valence-corrected chi connectivity index (χ0v) is 22.8. The Kier molecular flexibility index (Phi) is 6.07. The third-order valence-corrected chi connectivity index (χ3v) is 9.48. The molecule has 6 rings (SSSR count). The van der Waals surface area contributed by atoms with E-state index in [2.05, 4.69) is 11.4 Å². The van der Waals surface area contributed by atoms with Gasteiger partial charge in [0.25, 0.3) is 15.9 Å². The molecule has 0 unspecified atom stereocenters. The molecule has 4 aromatic rings. The number of nitrogens with zero attached hydrogens (tertiary/aromatic N) is 1. The first-order chi connectivity index (χ1) is 18.8. The van der Waals surface area contributed by atoms with E-state index in [1.165, 1.54) is 29.7 Å². The van der Waals surface area contributed by atoms with Crippen molar-refractivity contribution in [2.75, 3.05) is 23.8 Å². The number of aryl methyl sites for hydroxylation is 2. The Labute approximate surface area is 227 Å². The molecule has 0 spiro atoms. The fourth-order valence-electron chi connectivity index (χ4n) is 5.67. The number of nitrogens with one attached hydrogen (secondary N) is 1. The molecule has 0 saturated heterocycles. The lowest BCUT2D eigenvalue weighted by atomic mass is 10.0. The van der Waals surface area contributed by atoms with Crippen molar-refractivity contribution >= 4 is 43.7 Å². The molecule has 1 aliphatic carbocycles. The molecule has 8 heteroatoms. The van der Waals surface area contributed by atoms with Crippen molar-refractivity contribution in [3.05, 3.63) is 100.0 Å². The molecule has 0 fully saturated rings. The number of amides is 1. The molecule has 2 aliphatic rings. The number of ether oxygens (including phenoxy) is 2. The van der Waals surface area contributed by atoms with Gasteiger partial charge < -0.3 is 14.8 Å². The average Bonchev–Trinajstić information content (AvgIpc) is 3.37. The van der Waals surface area contributed by atoms with Gasteiger partial charge in [-0.3, -0.25) is 9.10 Å². The van der Waals surface area contributed by atoms with Crippen LogP contribution in [-0.2, 0) is 34.2 Å². The normalized spacial score (nSPS) is 15.3. The van der Waals surface area contributed by atoms with E-state index >= 15 is 0 Å². The largest absolute Gasteiger partial charge is 0.493 e. The summed E-state index contributed by atoms with van der Waals surface area (Å²) in [6, 6.07) is 22.6. The van der Waals surface area contributed by atoms with Gasteiger partial charge >= 0.3 is 0 Å². The van der Waals surface area contributed by atoms with E-state index in [4.69, 9.17) is 9.47 Å². The Morgan fingerprint density at radius 3 is 2.31 bits per heavy atom. The number of carbonyl (C=O) groups is 1. The zero-order valence-electron chi connectivity index (χ0n) is 21.9. The van der Waals surface area contributed by atoms with E-state index in [-0.39, 0.29) is 11.4 Å².